The zero-order valence-corrected chi connectivity index (χ0v) is 76.1. The second-order valence-corrected chi connectivity index (χ2v) is 21.2. The van der Waals surface area contributed by atoms with E-state index in [0.717, 1.165) is 0 Å². The van der Waals surface area contributed by atoms with Crippen molar-refractivity contribution in [3.8, 4) is 46.0 Å². The third-order valence-corrected chi connectivity index (χ3v) is 13.6. The molecule has 0 saturated carbocycles. The van der Waals surface area contributed by atoms with Crippen molar-refractivity contribution in [2.75, 3.05) is 5.34 Å². The summed E-state index contributed by atoms with van der Waals surface area (Å²) in [6, 6.07) is 82.7. The zero-order valence-electron chi connectivity index (χ0n) is 57.9. The van der Waals surface area contributed by atoms with Crippen LogP contribution < -0.4 is 40.9 Å². The third-order valence-electron chi connectivity index (χ3n) is 13.6. The van der Waals surface area contributed by atoms with Gasteiger partial charge < -0.3 is 84.7 Å². The van der Waals surface area contributed by atoms with Crippen molar-refractivity contribution in [3.05, 3.63) is 336 Å². The SMILES string of the molecule is ClCCl.[O-2].[O-2].[O-2].[O-2].[O-2].[O-2].[O-2].[O-2].[O-]c1ccccc1C=Nc1ccccc1N=Cc1ccccc1[O-].[O-]c1ccccc1C=Nc1ccccc1N=Cc1ccccc1[O-].[O-]c1ccccc1C=Nc1ccccc1N=Cc1ccccc1[O-].[O-]c1ccccc1C=Nc1ccccc1N=Cc1ccccc1[O-].[U].[U].[U].[U]. The van der Waals surface area contributed by atoms with Crippen molar-refractivity contribution in [2.45, 2.75) is 0 Å². The van der Waals surface area contributed by atoms with E-state index in [0.29, 0.717) is 90.0 Å². The summed E-state index contributed by atoms with van der Waals surface area (Å²) in [6.07, 6.45) is 12.2. The molecule has 0 aromatic heterocycles. The Kier molecular flexibility index (Phi) is 61.2. The summed E-state index contributed by atoms with van der Waals surface area (Å²) in [5.41, 5.74) is 9.12. The number of benzene rings is 12. The summed E-state index contributed by atoms with van der Waals surface area (Å²) in [7, 11) is 0. The monoisotopic (exact) mass is 2420 g/mol. The Morgan fingerprint density at radius 3 is 0.342 bits per heavy atom. The molecule has 0 radical (unpaired) electrons. The molecule has 0 amide bonds. The quantitative estimate of drug-likeness (QED) is 0.0659. The van der Waals surface area contributed by atoms with E-state index in [4.69, 9.17) is 23.2 Å². The number of halogens is 2. The molecule has 0 atom stereocenters. The summed E-state index contributed by atoms with van der Waals surface area (Å²) < 4.78 is 0. The largest absolute Gasteiger partial charge is 2.00 e. The van der Waals surface area contributed by atoms with Gasteiger partial charge in [0.05, 0.1) is 50.8 Å². The molecule has 572 valence electrons. The second-order valence-electron chi connectivity index (χ2n) is 20.4. The fraction of sp³-hybridized carbons (Fsp3) is 0.0123. The molecule has 0 aliphatic rings. The fourth-order valence-corrected chi connectivity index (χ4v) is 8.54. The smallest absolute Gasteiger partial charge is 0.0967 e. The van der Waals surface area contributed by atoms with E-state index in [1.54, 1.807) is 194 Å². The van der Waals surface area contributed by atoms with Gasteiger partial charge in [-0.1, -0.05) is 243 Å². The summed E-state index contributed by atoms with van der Waals surface area (Å²) in [4.78, 5) is 34.8. The van der Waals surface area contributed by atoms with Gasteiger partial charge in [0.1, 0.15) is 0 Å². The molecule has 12 aromatic carbocycles. The van der Waals surface area contributed by atoms with Gasteiger partial charge in [0.25, 0.3) is 0 Å². The predicted octanol–water partition coefficient (Wildman–Crippen LogP) is 13.8. The summed E-state index contributed by atoms with van der Waals surface area (Å²) in [5.74, 6) is -0.648. The van der Waals surface area contributed by atoms with Gasteiger partial charge in [-0.15, -0.1) is 69.2 Å². The van der Waals surface area contributed by atoms with Gasteiger partial charge in [-0.3, -0.25) is 39.9 Å². The van der Waals surface area contributed by atoms with E-state index in [1.165, 1.54) is 98.2 Å². The molecule has 0 N–H and O–H groups in total. The van der Waals surface area contributed by atoms with Crippen LogP contribution in [0.3, 0.4) is 0 Å². The zero-order chi connectivity index (χ0) is 69.8. The van der Waals surface area contributed by atoms with Crippen molar-refractivity contribution >= 4 is 118 Å². The second kappa shape index (κ2) is 61.5. The first-order chi connectivity index (χ1) is 48.4. The van der Waals surface area contributed by atoms with E-state index >= 15 is 0 Å². The van der Waals surface area contributed by atoms with Crippen LogP contribution in [-0.4, -0.2) is 55.1 Å². The Morgan fingerprint density at radius 2 is 0.252 bits per heavy atom. The molecule has 0 aliphatic heterocycles. The number of rotatable bonds is 16. The Hall–Kier alpha value is -9.13. The van der Waals surface area contributed by atoms with Crippen LogP contribution in [0.15, 0.2) is 331 Å². The van der Waals surface area contributed by atoms with Crippen molar-refractivity contribution in [3.63, 3.8) is 0 Å². The molecule has 0 bridgehead atoms. The molecular weight excluding hydrogens is 2360 g/mol. The molecule has 0 saturated heterocycles. The van der Waals surface area contributed by atoms with Crippen LogP contribution in [0.2, 0.25) is 0 Å². The number of aliphatic imine (C=N–C) groups is 8. The Bertz CT molecular complexity index is 3990. The van der Waals surface area contributed by atoms with Crippen LogP contribution in [0, 0.1) is 124 Å². The van der Waals surface area contributed by atoms with Crippen LogP contribution >= 0.6 is 23.2 Å². The van der Waals surface area contributed by atoms with Crippen molar-refractivity contribution in [1.29, 1.82) is 0 Å². The van der Waals surface area contributed by atoms with E-state index < -0.39 is 0 Å². The predicted molar refractivity (Wildman–Crippen MR) is 393 cm³/mol. The number of para-hydroxylation sites is 16. The first-order valence-corrected chi connectivity index (χ1v) is 31.3. The number of hydrogen-bond acceptors (Lipinski definition) is 16. The Balaban J connectivity index is -0.000000429. The first kappa shape index (κ1) is 110. The number of nitrogens with zero attached hydrogens (tertiary/aromatic N) is 8. The number of hydrogen-bond donors (Lipinski definition) is 0. The minimum Gasteiger partial charge on any atom is -2.00 e. The van der Waals surface area contributed by atoms with E-state index in [9.17, 15) is 40.9 Å². The fourth-order valence-electron chi connectivity index (χ4n) is 8.54. The molecule has 0 unspecified atom stereocenters. The van der Waals surface area contributed by atoms with Crippen LogP contribution in [0.4, 0.5) is 45.5 Å². The average molecular weight is 2420 g/mol. The van der Waals surface area contributed by atoms with Gasteiger partial charge in [-0.05, 0) is 93.0 Å². The molecule has 24 nitrogen and oxygen atoms in total. The molecule has 12 aromatic rings. The minimum atomic E-state index is -0.0810. The van der Waals surface area contributed by atoms with Crippen LogP contribution in [0.5, 0.6) is 46.0 Å². The van der Waals surface area contributed by atoms with Gasteiger partial charge in [-0.25, -0.2) is 0 Å². The van der Waals surface area contributed by atoms with E-state index in [2.05, 4.69) is 39.9 Å². The summed E-state index contributed by atoms with van der Waals surface area (Å²) >= 11 is 9.53. The molecule has 111 heavy (non-hydrogen) atoms. The average Bonchev–Trinajstić information content (AvgIpc) is 0.868. The molecular formula is C81H58Cl2N8O16U4-24. The molecule has 12 rings (SSSR count). The van der Waals surface area contributed by atoms with Gasteiger partial charge in [0.15, 0.2) is 0 Å². The number of alkyl halides is 2. The van der Waals surface area contributed by atoms with Crippen molar-refractivity contribution in [1.82, 2.24) is 0 Å². The standard InChI is InChI=1S/4C20H16N2O2.CH2Cl2.8O.4U/c4*23-19-11-5-1-7-15(19)13-21-17-9-3-4-10-18(17)22-14-16-8-2-6-12-20(16)24;2-1-3;;;;;;;;;;;;/h4*1-14,23-24H;1H2;;;;;;;;;;;;/q;;;;;8*-2;;;;/p-8. The van der Waals surface area contributed by atoms with E-state index in [-0.39, 0.29) is 220 Å². The summed E-state index contributed by atoms with van der Waals surface area (Å²) in [6.45, 7) is 0. The van der Waals surface area contributed by atoms with Gasteiger partial charge in [0, 0.05) is 174 Å². The van der Waals surface area contributed by atoms with Gasteiger partial charge >= 0.3 is 0 Å². The third kappa shape index (κ3) is 37.2. The van der Waals surface area contributed by atoms with Gasteiger partial charge in [0.2, 0.25) is 0 Å². The van der Waals surface area contributed by atoms with Crippen molar-refractivity contribution in [2.24, 2.45) is 39.9 Å². The molecule has 0 aliphatic carbocycles. The molecule has 0 heterocycles. The normalized spacial score (nSPS) is 9.96. The maximum Gasteiger partial charge on any atom is 0.0967 e. The maximum atomic E-state index is 11.7. The van der Waals surface area contributed by atoms with Crippen LogP contribution in [0.1, 0.15) is 44.5 Å². The van der Waals surface area contributed by atoms with Gasteiger partial charge in [-0.2, -0.15) is 0 Å². The molecule has 0 spiro atoms. The maximum absolute atomic E-state index is 11.7. The van der Waals surface area contributed by atoms with Crippen molar-refractivity contribution < 1.29 is 209 Å². The molecule has 0 fully saturated rings. The minimum absolute atomic E-state index is 0. The van der Waals surface area contributed by atoms with Crippen LogP contribution in [-0.2, 0) is 43.8 Å². The Morgan fingerprint density at radius 1 is 0.171 bits per heavy atom. The van der Waals surface area contributed by atoms with Crippen LogP contribution in [0.25, 0.3) is 0 Å². The molecule has 30 heteroatoms. The topological polar surface area (TPSA) is 511 Å². The van der Waals surface area contributed by atoms with E-state index in [1.807, 2.05) is 48.5 Å². The first-order valence-electron chi connectivity index (χ1n) is 30.3. The summed E-state index contributed by atoms with van der Waals surface area (Å²) in [5, 5.41) is 93.9. The Labute approximate surface area is 746 Å².